The zero-order valence-corrected chi connectivity index (χ0v) is 17.3. The van der Waals surface area contributed by atoms with E-state index in [0.29, 0.717) is 41.0 Å². The number of carbonyl (C=O) groups excluding carboxylic acids is 2. The molecule has 1 N–H and O–H groups in total. The minimum Gasteiger partial charge on any atom is -0.493 e. The van der Waals surface area contributed by atoms with Crippen molar-refractivity contribution in [2.24, 2.45) is 0 Å². The number of aromatic nitrogens is 1. The summed E-state index contributed by atoms with van der Waals surface area (Å²) < 4.78 is 10.9. The number of thiophene rings is 1. The summed E-state index contributed by atoms with van der Waals surface area (Å²) in [6.07, 6.45) is 0.654. The number of benzene rings is 1. The number of ether oxygens (including phenoxy) is 2. The third-order valence-corrected chi connectivity index (χ3v) is 6.34. The molecule has 2 amide bonds. The van der Waals surface area contributed by atoms with Crippen LogP contribution in [0, 0.1) is 0 Å². The van der Waals surface area contributed by atoms with E-state index in [0.717, 1.165) is 10.6 Å². The van der Waals surface area contributed by atoms with Crippen molar-refractivity contribution in [3.8, 4) is 11.5 Å². The van der Waals surface area contributed by atoms with Crippen molar-refractivity contribution in [1.82, 2.24) is 9.88 Å². The Kier molecular flexibility index (Phi) is 5.77. The van der Waals surface area contributed by atoms with Crippen LogP contribution in [0.25, 0.3) is 0 Å². The van der Waals surface area contributed by atoms with Crippen LogP contribution in [0.5, 0.6) is 11.5 Å². The van der Waals surface area contributed by atoms with Crippen molar-refractivity contribution in [1.29, 1.82) is 0 Å². The number of hydrogen-bond donors (Lipinski definition) is 1. The van der Waals surface area contributed by atoms with Gasteiger partial charge in [0.1, 0.15) is 0 Å². The maximum atomic E-state index is 12.6. The van der Waals surface area contributed by atoms with Crippen molar-refractivity contribution < 1.29 is 19.1 Å². The molecule has 0 saturated carbocycles. The maximum Gasteiger partial charge on any atom is 0.267 e. The van der Waals surface area contributed by atoms with E-state index in [2.05, 4.69) is 10.3 Å². The fourth-order valence-electron chi connectivity index (χ4n) is 3.00. The van der Waals surface area contributed by atoms with Gasteiger partial charge in [-0.2, -0.15) is 0 Å². The first kappa shape index (κ1) is 19.4. The molecule has 3 heterocycles. The second-order valence-corrected chi connectivity index (χ2v) is 8.36. The first-order chi connectivity index (χ1) is 14.1. The zero-order chi connectivity index (χ0) is 20.2. The fraction of sp³-hybridized carbons (Fsp3) is 0.250. The first-order valence-electron chi connectivity index (χ1n) is 9.01. The summed E-state index contributed by atoms with van der Waals surface area (Å²) in [6, 6.07) is 10.8. The molecule has 29 heavy (non-hydrogen) atoms. The molecule has 0 atom stereocenters. The molecule has 1 aromatic carbocycles. The lowest BCUT2D eigenvalue weighted by atomic mass is 10.2. The number of hydrogen-bond acceptors (Lipinski definition) is 7. The predicted molar refractivity (Wildman–Crippen MR) is 112 cm³/mol. The highest BCUT2D eigenvalue weighted by atomic mass is 32.1. The molecule has 2 aromatic heterocycles. The maximum absolute atomic E-state index is 12.6. The molecule has 0 spiro atoms. The highest BCUT2D eigenvalue weighted by molar-refractivity contribution is 7.16. The Hall–Kier alpha value is -2.91. The smallest absolute Gasteiger partial charge is 0.267 e. The molecule has 9 heteroatoms. The lowest BCUT2D eigenvalue weighted by Crippen LogP contribution is -2.38. The molecule has 0 aliphatic carbocycles. The lowest BCUT2D eigenvalue weighted by molar-refractivity contribution is -0.134. The lowest BCUT2D eigenvalue weighted by Gasteiger charge is -2.26. The van der Waals surface area contributed by atoms with Crippen LogP contribution in [0.3, 0.4) is 0 Å². The van der Waals surface area contributed by atoms with Gasteiger partial charge in [-0.25, -0.2) is 4.98 Å². The van der Waals surface area contributed by atoms with E-state index in [-0.39, 0.29) is 18.4 Å². The molecule has 0 bridgehead atoms. The normalized spacial score (nSPS) is 12.9. The Bertz CT molecular complexity index is 1020. The Labute approximate surface area is 175 Å². The van der Waals surface area contributed by atoms with Gasteiger partial charge in [0.2, 0.25) is 0 Å². The van der Waals surface area contributed by atoms with Gasteiger partial charge in [0, 0.05) is 17.8 Å². The summed E-state index contributed by atoms with van der Waals surface area (Å²) >= 11 is 2.79. The van der Waals surface area contributed by atoms with Crippen molar-refractivity contribution in [2.45, 2.75) is 13.0 Å². The highest BCUT2D eigenvalue weighted by Gasteiger charge is 2.25. The Morgan fingerprint density at radius 2 is 2.03 bits per heavy atom. The monoisotopic (exact) mass is 429 g/mol. The van der Waals surface area contributed by atoms with Gasteiger partial charge in [-0.15, -0.1) is 11.3 Å². The Morgan fingerprint density at radius 3 is 2.79 bits per heavy atom. The molecule has 1 aliphatic heterocycles. The number of carbonyl (C=O) groups is 2. The number of rotatable bonds is 6. The van der Waals surface area contributed by atoms with E-state index in [4.69, 9.17) is 9.47 Å². The third kappa shape index (κ3) is 4.41. The molecule has 3 aromatic rings. The van der Waals surface area contributed by atoms with Gasteiger partial charge in [0.05, 0.1) is 24.2 Å². The second-order valence-electron chi connectivity index (χ2n) is 6.33. The van der Waals surface area contributed by atoms with E-state index in [1.807, 2.05) is 23.6 Å². The van der Waals surface area contributed by atoms with E-state index in [9.17, 15) is 9.59 Å². The molecule has 0 saturated heterocycles. The highest BCUT2D eigenvalue weighted by Crippen LogP contribution is 2.29. The molecular formula is C20H19N3O4S2. The molecule has 0 unspecified atom stereocenters. The molecular weight excluding hydrogens is 410 g/mol. The molecule has 7 nitrogen and oxygen atoms in total. The number of nitrogens with one attached hydrogen (secondary N) is 1. The van der Waals surface area contributed by atoms with E-state index < -0.39 is 0 Å². The van der Waals surface area contributed by atoms with Crippen LogP contribution >= 0.6 is 22.7 Å². The van der Waals surface area contributed by atoms with E-state index in [1.54, 1.807) is 30.2 Å². The van der Waals surface area contributed by atoms with Crippen molar-refractivity contribution in [3.63, 3.8) is 0 Å². The van der Waals surface area contributed by atoms with Gasteiger partial charge in [-0.05, 0) is 23.6 Å². The average molecular weight is 430 g/mol. The van der Waals surface area contributed by atoms with E-state index in [1.165, 1.54) is 22.7 Å². The third-order valence-electron chi connectivity index (χ3n) is 4.47. The summed E-state index contributed by atoms with van der Waals surface area (Å²) in [7, 11) is 1.56. The SMILES string of the molecule is COc1ccccc1OCC(=O)N1CCc2nc(NC(=O)c3cccs3)sc2C1. The standard InChI is InChI=1S/C20H19N3O4S2/c1-26-14-5-2-3-6-15(14)27-12-18(24)23-9-8-13-17(11-23)29-20(21-13)22-19(25)16-7-4-10-28-16/h2-7,10H,8-9,11-12H2,1H3,(H,21,22,25). The molecule has 4 rings (SSSR count). The largest absolute Gasteiger partial charge is 0.493 e. The summed E-state index contributed by atoms with van der Waals surface area (Å²) in [5.74, 6) is 0.871. The first-order valence-corrected chi connectivity index (χ1v) is 10.7. The van der Waals surface area contributed by atoms with Crippen LogP contribution in [0.4, 0.5) is 5.13 Å². The zero-order valence-electron chi connectivity index (χ0n) is 15.7. The number of amides is 2. The molecule has 1 aliphatic rings. The number of nitrogens with zero attached hydrogens (tertiary/aromatic N) is 2. The summed E-state index contributed by atoms with van der Waals surface area (Å²) in [4.78, 5) is 32.7. The molecule has 0 fully saturated rings. The Balaban J connectivity index is 1.36. The van der Waals surface area contributed by atoms with Crippen molar-refractivity contribution in [2.75, 3.05) is 25.6 Å². The number of anilines is 1. The quantitative estimate of drug-likeness (QED) is 0.649. The van der Waals surface area contributed by atoms with Gasteiger partial charge >= 0.3 is 0 Å². The Morgan fingerprint density at radius 1 is 1.21 bits per heavy atom. The van der Waals surface area contributed by atoms with Crippen molar-refractivity contribution in [3.05, 3.63) is 57.2 Å². The predicted octanol–water partition coefficient (Wildman–Crippen LogP) is 3.43. The van der Waals surface area contributed by atoms with Gasteiger partial charge in [0.15, 0.2) is 23.2 Å². The minimum atomic E-state index is -0.163. The fourth-order valence-corrected chi connectivity index (χ4v) is 4.63. The van der Waals surface area contributed by atoms with Gasteiger partial charge in [-0.1, -0.05) is 29.5 Å². The van der Waals surface area contributed by atoms with Gasteiger partial charge < -0.3 is 14.4 Å². The second kappa shape index (κ2) is 8.62. The summed E-state index contributed by atoms with van der Waals surface area (Å²) in [5, 5.41) is 5.26. The summed E-state index contributed by atoms with van der Waals surface area (Å²) in [5.41, 5.74) is 0.936. The van der Waals surface area contributed by atoms with Crippen LogP contribution in [-0.2, 0) is 17.8 Å². The molecule has 150 valence electrons. The van der Waals surface area contributed by atoms with Crippen LogP contribution in [0.2, 0.25) is 0 Å². The topological polar surface area (TPSA) is 80.8 Å². The van der Waals surface area contributed by atoms with Gasteiger partial charge in [-0.3, -0.25) is 14.9 Å². The van der Waals surface area contributed by atoms with Crippen LogP contribution in [-0.4, -0.2) is 42.0 Å². The van der Waals surface area contributed by atoms with Crippen LogP contribution < -0.4 is 14.8 Å². The van der Waals surface area contributed by atoms with Gasteiger partial charge in [0.25, 0.3) is 11.8 Å². The summed E-state index contributed by atoms with van der Waals surface area (Å²) in [6.45, 7) is 0.982. The number of thiazole rings is 1. The molecule has 0 radical (unpaired) electrons. The van der Waals surface area contributed by atoms with Crippen molar-refractivity contribution >= 4 is 39.6 Å². The number of fused-ring (bicyclic) bond motifs is 1. The van der Waals surface area contributed by atoms with Crippen LogP contribution in [0.15, 0.2) is 41.8 Å². The number of para-hydroxylation sites is 2. The average Bonchev–Trinajstić information content (AvgIpc) is 3.41. The minimum absolute atomic E-state index is 0.0590. The van der Waals surface area contributed by atoms with Crippen LogP contribution in [0.1, 0.15) is 20.2 Å². The van der Waals surface area contributed by atoms with E-state index >= 15 is 0 Å². The number of methoxy groups -OCH3 is 1.